The molecule has 0 amide bonds. The number of hydrogen-bond donors (Lipinski definition) is 0. The predicted octanol–water partition coefficient (Wildman–Crippen LogP) is 5.36. The third kappa shape index (κ3) is 2.82. The van der Waals surface area contributed by atoms with Crippen LogP contribution in [0.15, 0.2) is 60.7 Å². The molecule has 1 nitrogen and oxygen atoms in total. The number of fused-ring (bicyclic) bond motifs is 3. The van der Waals surface area contributed by atoms with E-state index in [1.807, 2.05) is 0 Å². The van der Waals surface area contributed by atoms with Crippen LogP contribution >= 0.6 is 0 Å². The van der Waals surface area contributed by atoms with Crippen molar-refractivity contribution in [3.05, 3.63) is 72.3 Å². The minimum Gasteiger partial charge on any atom is -0.392 e. The normalized spacial score (nSPS) is 10.9. The van der Waals surface area contributed by atoms with E-state index in [4.69, 9.17) is 0 Å². The van der Waals surface area contributed by atoms with Crippen molar-refractivity contribution in [1.82, 2.24) is 4.57 Å². The zero-order valence-corrected chi connectivity index (χ0v) is 15.2. The van der Waals surface area contributed by atoms with Gasteiger partial charge in [0.15, 0.2) is 0 Å². The molecule has 0 fully saturated rings. The van der Waals surface area contributed by atoms with E-state index >= 15 is 0 Å². The third-order valence-corrected chi connectivity index (χ3v) is 4.51. The summed E-state index contributed by atoms with van der Waals surface area (Å²) in [5, 5.41) is 2.47. The molecule has 4 rings (SSSR count). The molecule has 0 unspecified atom stereocenters. The monoisotopic (exact) mass is 449 g/mol. The molecule has 0 spiro atoms. The van der Waals surface area contributed by atoms with E-state index in [-0.39, 0.29) is 37.7 Å². The average Bonchev–Trinajstić information content (AvgIpc) is 2.88. The van der Waals surface area contributed by atoms with Crippen molar-refractivity contribution in [1.29, 1.82) is 0 Å². The van der Waals surface area contributed by atoms with E-state index in [1.54, 1.807) is 0 Å². The summed E-state index contributed by atoms with van der Waals surface area (Å²) < 4.78 is 2.26. The fourth-order valence-corrected chi connectivity index (χ4v) is 3.17. The number of benzene rings is 3. The molecule has 0 saturated carbocycles. The van der Waals surface area contributed by atoms with Crippen molar-refractivity contribution in [2.75, 3.05) is 0 Å². The quantitative estimate of drug-likeness (QED) is 0.287. The second-order valence-corrected chi connectivity index (χ2v) is 5.78. The van der Waals surface area contributed by atoms with Gasteiger partial charge >= 0.3 is 0 Å². The van der Waals surface area contributed by atoms with Gasteiger partial charge in [-0.1, -0.05) is 65.9 Å². The molecule has 0 bridgehead atoms. The SMILES string of the molecule is CCc1ccc(-c2c[c-]c3c4ccccc4n(C)c3c2)cc1.[Ho]. The van der Waals surface area contributed by atoms with Gasteiger partial charge in [-0.2, -0.15) is 0 Å². The van der Waals surface area contributed by atoms with Crippen LogP contribution in [-0.2, 0) is 13.5 Å². The second-order valence-electron chi connectivity index (χ2n) is 5.78. The predicted molar refractivity (Wildman–Crippen MR) is 94.1 cm³/mol. The van der Waals surface area contributed by atoms with Crippen LogP contribution in [0.5, 0.6) is 0 Å². The summed E-state index contributed by atoms with van der Waals surface area (Å²) in [5.74, 6) is 0. The van der Waals surface area contributed by atoms with E-state index in [1.165, 1.54) is 38.5 Å². The van der Waals surface area contributed by atoms with Gasteiger partial charge in [-0.3, -0.25) is 0 Å². The first-order chi connectivity index (χ1) is 10.8. The molecule has 0 aliphatic carbocycles. The molecule has 23 heavy (non-hydrogen) atoms. The first kappa shape index (κ1) is 16.6. The van der Waals surface area contributed by atoms with Crippen molar-refractivity contribution in [2.24, 2.45) is 7.05 Å². The van der Waals surface area contributed by atoms with E-state index < -0.39 is 0 Å². The van der Waals surface area contributed by atoms with Gasteiger partial charge in [0.1, 0.15) is 0 Å². The van der Waals surface area contributed by atoms with Crippen LogP contribution in [0.1, 0.15) is 12.5 Å². The molecule has 0 saturated heterocycles. The zero-order valence-electron chi connectivity index (χ0n) is 13.2. The smallest absolute Gasteiger partial charge is 0.00119 e. The van der Waals surface area contributed by atoms with Crippen LogP contribution in [0.2, 0.25) is 0 Å². The Labute approximate surface area is 166 Å². The van der Waals surface area contributed by atoms with Gasteiger partial charge in [0, 0.05) is 44.8 Å². The molecule has 0 aliphatic rings. The van der Waals surface area contributed by atoms with Gasteiger partial charge in [-0.05, 0) is 29.1 Å². The maximum Gasteiger partial charge on any atom is 0.00119 e. The molecule has 0 atom stereocenters. The Hall–Kier alpha value is -1.28. The molecule has 0 N–H and O–H groups in total. The Kier molecular flexibility index (Phi) is 4.82. The van der Waals surface area contributed by atoms with Crippen LogP contribution in [0.4, 0.5) is 0 Å². The van der Waals surface area contributed by atoms with Gasteiger partial charge in [0.25, 0.3) is 0 Å². The fraction of sp³-hybridized carbons (Fsp3) is 0.143. The zero-order chi connectivity index (χ0) is 15.1. The molecule has 119 valence electrons. The Balaban J connectivity index is 0.00000156. The van der Waals surface area contributed by atoms with Crippen molar-refractivity contribution in [2.45, 2.75) is 13.3 Å². The maximum absolute atomic E-state index is 3.49. The number of para-hydroxylation sites is 1. The van der Waals surface area contributed by atoms with Gasteiger partial charge in [0.05, 0.1) is 0 Å². The van der Waals surface area contributed by atoms with Gasteiger partial charge < -0.3 is 4.57 Å². The van der Waals surface area contributed by atoms with Crippen molar-refractivity contribution < 1.29 is 37.7 Å². The van der Waals surface area contributed by atoms with E-state index in [9.17, 15) is 0 Å². The Bertz CT molecular complexity index is 964. The first-order valence-corrected chi connectivity index (χ1v) is 7.76. The molecular formula is C21H18HoN-. The van der Waals surface area contributed by atoms with Crippen LogP contribution in [0.3, 0.4) is 0 Å². The van der Waals surface area contributed by atoms with Crippen molar-refractivity contribution >= 4 is 21.8 Å². The summed E-state index contributed by atoms with van der Waals surface area (Å²) in [5.41, 5.74) is 6.34. The summed E-state index contributed by atoms with van der Waals surface area (Å²) in [6, 6.07) is 25.2. The van der Waals surface area contributed by atoms with Crippen LogP contribution < -0.4 is 0 Å². The second kappa shape index (κ2) is 6.68. The number of hydrogen-bond acceptors (Lipinski definition) is 0. The number of aryl methyl sites for hydroxylation is 2. The maximum atomic E-state index is 3.49. The molecular weight excluding hydrogens is 431 g/mol. The fourth-order valence-electron chi connectivity index (χ4n) is 3.17. The number of aromatic nitrogens is 1. The number of rotatable bonds is 2. The molecule has 2 heteroatoms. The molecule has 1 heterocycles. The Morgan fingerprint density at radius 2 is 1.65 bits per heavy atom. The van der Waals surface area contributed by atoms with Crippen LogP contribution in [0.25, 0.3) is 32.9 Å². The van der Waals surface area contributed by atoms with Gasteiger partial charge in [-0.25, -0.2) is 0 Å². The standard InChI is InChI=1S/C21H18N.Ho/c1-3-15-8-10-16(11-9-15)17-12-13-19-18-6-4-5-7-20(18)22(2)21(19)14-17;/h4-12,14H,3H2,1-2H3;/q-1;. The average molecular weight is 449 g/mol. The minimum absolute atomic E-state index is 0. The number of nitrogens with zero attached hydrogens (tertiary/aromatic N) is 1. The molecule has 4 aromatic rings. The van der Waals surface area contributed by atoms with Crippen LogP contribution in [-0.4, -0.2) is 4.57 Å². The van der Waals surface area contributed by atoms with E-state index in [2.05, 4.69) is 85.3 Å². The van der Waals surface area contributed by atoms with E-state index in [0.29, 0.717) is 0 Å². The largest absolute Gasteiger partial charge is 0.392 e. The molecule has 3 aromatic carbocycles. The Morgan fingerprint density at radius 1 is 0.913 bits per heavy atom. The summed E-state index contributed by atoms with van der Waals surface area (Å²) in [6.07, 6.45) is 1.08. The summed E-state index contributed by atoms with van der Waals surface area (Å²) in [7, 11) is 2.13. The molecule has 1 aromatic heterocycles. The molecule has 0 aliphatic heterocycles. The van der Waals surface area contributed by atoms with Crippen LogP contribution in [0, 0.1) is 43.8 Å². The summed E-state index contributed by atoms with van der Waals surface area (Å²) in [6.45, 7) is 2.18. The van der Waals surface area contributed by atoms with Crippen molar-refractivity contribution in [3.63, 3.8) is 0 Å². The first-order valence-electron chi connectivity index (χ1n) is 7.76. The topological polar surface area (TPSA) is 4.93 Å². The van der Waals surface area contributed by atoms with Crippen molar-refractivity contribution in [3.8, 4) is 11.1 Å². The summed E-state index contributed by atoms with van der Waals surface area (Å²) in [4.78, 5) is 0. The molecule has 1 radical (unpaired) electrons. The van der Waals surface area contributed by atoms with Gasteiger partial charge in [0.2, 0.25) is 0 Å². The summed E-state index contributed by atoms with van der Waals surface area (Å²) >= 11 is 0. The Morgan fingerprint density at radius 3 is 2.39 bits per heavy atom. The van der Waals surface area contributed by atoms with Gasteiger partial charge in [-0.15, -0.1) is 23.6 Å². The van der Waals surface area contributed by atoms with E-state index in [0.717, 1.165) is 6.42 Å². The third-order valence-electron chi connectivity index (χ3n) is 4.51. The minimum atomic E-state index is 0.